The second-order valence-electron chi connectivity index (χ2n) is 9.44. The third-order valence-corrected chi connectivity index (χ3v) is 7.93. The van der Waals surface area contributed by atoms with Crippen molar-refractivity contribution in [3.8, 4) is 0 Å². The zero-order valence-electron chi connectivity index (χ0n) is 15.8. The van der Waals surface area contributed by atoms with Crippen LogP contribution in [0.5, 0.6) is 0 Å². The molecule has 2 aromatic rings. The van der Waals surface area contributed by atoms with E-state index in [4.69, 9.17) is 0 Å². The first-order chi connectivity index (χ1) is 13.0. The van der Waals surface area contributed by atoms with Crippen LogP contribution in [0.4, 0.5) is 0 Å². The summed E-state index contributed by atoms with van der Waals surface area (Å²) in [7, 11) is 0. The third kappa shape index (κ3) is 3.55. The number of amides is 1. The average Bonchev–Trinajstić information content (AvgIpc) is 2.99. The Morgan fingerprint density at radius 2 is 2.00 bits per heavy atom. The van der Waals surface area contributed by atoms with Crippen molar-refractivity contribution in [1.29, 1.82) is 0 Å². The zero-order chi connectivity index (χ0) is 18.5. The molecule has 144 valence electrons. The predicted molar refractivity (Wildman–Crippen MR) is 111 cm³/mol. The number of para-hydroxylation sites is 2. The van der Waals surface area contributed by atoms with Crippen molar-refractivity contribution in [2.75, 3.05) is 6.54 Å². The second kappa shape index (κ2) is 6.61. The van der Waals surface area contributed by atoms with E-state index in [1.807, 2.05) is 18.2 Å². The summed E-state index contributed by atoms with van der Waals surface area (Å²) in [6.45, 7) is 0.734. The Kier molecular flexibility index (Phi) is 4.34. The van der Waals surface area contributed by atoms with Crippen LogP contribution in [0.15, 0.2) is 24.3 Å². The number of aromatic amines is 1. The van der Waals surface area contributed by atoms with Gasteiger partial charge >= 0.3 is 0 Å². The number of carbonyl (C=O) groups is 1. The first-order valence-electron chi connectivity index (χ1n) is 10.4. The fraction of sp³-hybridized carbons (Fsp3) is 0.636. The number of imidazole rings is 1. The number of benzene rings is 1. The lowest BCUT2D eigenvalue weighted by molar-refractivity contribution is -0.128. The van der Waals surface area contributed by atoms with Gasteiger partial charge in [0.25, 0.3) is 0 Å². The van der Waals surface area contributed by atoms with Crippen molar-refractivity contribution in [2.24, 2.45) is 17.3 Å². The van der Waals surface area contributed by atoms with Crippen molar-refractivity contribution >= 4 is 32.9 Å². The van der Waals surface area contributed by atoms with Gasteiger partial charge in [0, 0.05) is 23.7 Å². The molecule has 4 aliphatic rings. The van der Waals surface area contributed by atoms with Gasteiger partial charge in [-0.05, 0) is 74.3 Å². The quantitative estimate of drug-likeness (QED) is 0.514. The predicted octanol–water partition coefficient (Wildman–Crippen LogP) is 4.74. The summed E-state index contributed by atoms with van der Waals surface area (Å²) in [6, 6.07) is 8.11. The Hall–Kier alpha value is -1.36. The molecule has 1 amide bonds. The Morgan fingerprint density at radius 3 is 2.74 bits per heavy atom. The minimum atomic E-state index is 0.248. The number of halogens is 1. The molecule has 5 heteroatoms. The van der Waals surface area contributed by atoms with Crippen molar-refractivity contribution < 1.29 is 4.79 Å². The van der Waals surface area contributed by atoms with Gasteiger partial charge in [0.15, 0.2) is 0 Å². The maximum atomic E-state index is 12.6. The molecule has 0 spiro atoms. The molecule has 4 aliphatic carbocycles. The SMILES string of the molecule is O=C(CC12CC3CC(CC(Br)(C3)C1)C2)NCCCc1nc2ccccc2[nH]1. The Bertz CT molecular complexity index is 813. The number of H-pyrrole nitrogens is 1. The second-order valence-corrected chi connectivity index (χ2v) is 11.1. The van der Waals surface area contributed by atoms with Crippen LogP contribution in [0, 0.1) is 17.3 Å². The molecule has 4 fully saturated rings. The molecule has 1 aromatic heterocycles. The van der Waals surface area contributed by atoms with Crippen LogP contribution in [0.25, 0.3) is 11.0 Å². The standard InChI is InChI=1S/C22H28BrN3O/c23-22-11-15-8-16(12-22)10-21(9-15,14-22)13-20(27)24-7-3-6-19-25-17-4-1-2-5-18(17)26-19/h1-2,4-5,15-16H,3,6-14H2,(H,24,27)(H,25,26). The molecule has 27 heavy (non-hydrogen) atoms. The van der Waals surface area contributed by atoms with Gasteiger partial charge in [-0.3, -0.25) is 4.79 Å². The van der Waals surface area contributed by atoms with E-state index in [2.05, 4.69) is 37.3 Å². The maximum Gasteiger partial charge on any atom is 0.220 e. The van der Waals surface area contributed by atoms with Gasteiger partial charge in [0.1, 0.15) is 5.82 Å². The van der Waals surface area contributed by atoms with E-state index in [0.29, 0.717) is 4.32 Å². The zero-order valence-corrected chi connectivity index (χ0v) is 17.4. The Balaban J connectivity index is 1.12. The lowest BCUT2D eigenvalue weighted by atomic mass is 9.48. The lowest BCUT2D eigenvalue weighted by Crippen LogP contribution is -2.54. The summed E-state index contributed by atoms with van der Waals surface area (Å²) in [5.41, 5.74) is 2.36. The van der Waals surface area contributed by atoms with Gasteiger partial charge in [-0.2, -0.15) is 0 Å². The number of carbonyl (C=O) groups excluding carboxylic acids is 1. The molecule has 4 saturated carbocycles. The molecule has 6 rings (SSSR count). The van der Waals surface area contributed by atoms with Crippen molar-refractivity contribution in [3.63, 3.8) is 0 Å². The van der Waals surface area contributed by atoms with E-state index < -0.39 is 0 Å². The number of aromatic nitrogens is 2. The van der Waals surface area contributed by atoms with Gasteiger partial charge in [-0.1, -0.05) is 28.1 Å². The average molecular weight is 430 g/mol. The Labute approximate surface area is 169 Å². The largest absolute Gasteiger partial charge is 0.356 e. The summed E-state index contributed by atoms with van der Waals surface area (Å²) in [4.78, 5) is 20.6. The fourth-order valence-corrected chi connectivity index (χ4v) is 8.06. The highest BCUT2D eigenvalue weighted by Gasteiger charge is 2.57. The fourth-order valence-electron chi connectivity index (χ4n) is 6.55. The van der Waals surface area contributed by atoms with E-state index in [-0.39, 0.29) is 11.3 Å². The Morgan fingerprint density at radius 1 is 1.22 bits per heavy atom. The third-order valence-electron chi connectivity index (χ3n) is 7.00. The van der Waals surface area contributed by atoms with E-state index >= 15 is 0 Å². The molecule has 0 aliphatic heterocycles. The number of fused-ring (bicyclic) bond motifs is 1. The molecular weight excluding hydrogens is 402 g/mol. The summed E-state index contributed by atoms with van der Waals surface area (Å²) in [5.74, 6) is 2.93. The van der Waals surface area contributed by atoms with E-state index in [9.17, 15) is 4.79 Å². The van der Waals surface area contributed by atoms with Crippen LogP contribution in [0.1, 0.15) is 57.2 Å². The summed E-state index contributed by atoms with van der Waals surface area (Å²) in [6.07, 6.45) is 10.3. The maximum absolute atomic E-state index is 12.6. The number of hydrogen-bond donors (Lipinski definition) is 2. The molecule has 2 unspecified atom stereocenters. The van der Waals surface area contributed by atoms with Gasteiger partial charge in [-0.15, -0.1) is 0 Å². The molecule has 4 bridgehead atoms. The minimum Gasteiger partial charge on any atom is -0.356 e. The molecule has 4 nitrogen and oxygen atoms in total. The topological polar surface area (TPSA) is 57.8 Å². The van der Waals surface area contributed by atoms with Crippen molar-refractivity contribution in [2.45, 2.75) is 62.1 Å². The molecule has 0 saturated heterocycles. The van der Waals surface area contributed by atoms with E-state index in [1.165, 1.54) is 38.5 Å². The van der Waals surface area contributed by atoms with E-state index in [0.717, 1.165) is 54.5 Å². The first kappa shape index (κ1) is 17.7. The van der Waals surface area contributed by atoms with E-state index in [1.54, 1.807) is 0 Å². The number of alkyl halides is 1. The molecular formula is C22H28BrN3O. The minimum absolute atomic E-state index is 0.248. The first-order valence-corrected chi connectivity index (χ1v) is 11.2. The molecule has 2 N–H and O–H groups in total. The highest BCUT2D eigenvalue weighted by Crippen LogP contribution is 2.65. The van der Waals surface area contributed by atoms with Gasteiger partial charge < -0.3 is 10.3 Å². The van der Waals surface area contributed by atoms with Crippen LogP contribution < -0.4 is 5.32 Å². The summed E-state index contributed by atoms with van der Waals surface area (Å²) in [5, 5.41) is 3.18. The van der Waals surface area contributed by atoms with Crippen LogP contribution in [0.2, 0.25) is 0 Å². The number of aryl methyl sites for hydroxylation is 1. The summed E-state index contributed by atoms with van der Waals surface area (Å²) < 4.78 is 0.332. The van der Waals surface area contributed by atoms with Crippen LogP contribution in [-0.4, -0.2) is 26.7 Å². The summed E-state index contributed by atoms with van der Waals surface area (Å²) >= 11 is 4.04. The molecule has 2 atom stereocenters. The monoisotopic (exact) mass is 429 g/mol. The number of nitrogens with zero attached hydrogens (tertiary/aromatic N) is 1. The van der Waals surface area contributed by atoms with Gasteiger partial charge in [0.2, 0.25) is 5.91 Å². The van der Waals surface area contributed by atoms with Gasteiger partial charge in [0.05, 0.1) is 11.0 Å². The van der Waals surface area contributed by atoms with Crippen LogP contribution in [0.3, 0.4) is 0 Å². The molecule has 0 radical (unpaired) electrons. The number of rotatable bonds is 6. The molecule has 1 heterocycles. The van der Waals surface area contributed by atoms with Crippen molar-refractivity contribution in [3.05, 3.63) is 30.1 Å². The van der Waals surface area contributed by atoms with Crippen LogP contribution in [-0.2, 0) is 11.2 Å². The number of nitrogens with one attached hydrogen (secondary N) is 2. The molecule has 1 aromatic carbocycles. The van der Waals surface area contributed by atoms with Crippen molar-refractivity contribution in [1.82, 2.24) is 15.3 Å². The highest BCUT2D eigenvalue weighted by molar-refractivity contribution is 9.10. The van der Waals surface area contributed by atoms with Crippen LogP contribution >= 0.6 is 15.9 Å². The highest BCUT2D eigenvalue weighted by atomic mass is 79.9. The lowest BCUT2D eigenvalue weighted by Gasteiger charge is -2.60. The smallest absolute Gasteiger partial charge is 0.220 e. The normalized spacial score (nSPS) is 34.3. The van der Waals surface area contributed by atoms with Gasteiger partial charge in [-0.25, -0.2) is 4.98 Å². The number of hydrogen-bond acceptors (Lipinski definition) is 2.